The molecule has 8 heteroatoms. The lowest BCUT2D eigenvalue weighted by Gasteiger charge is -2.41. The number of likely N-dealkylation sites (tertiary alicyclic amines) is 1. The van der Waals surface area contributed by atoms with E-state index in [-0.39, 0.29) is 18.3 Å². The summed E-state index contributed by atoms with van der Waals surface area (Å²) in [5.41, 5.74) is 1.22. The van der Waals surface area contributed by atoms with Crippen LogP contribution in [-0.2, 0) is 16.1 Å². The molecule has 0 radical (unpaired) electrons. The average Bonchev–Trinajstić information content (AvgIpc) is 2.67. The number of carbonyl (C=O) groups is 1. The highest BCUT2D eigenvalue weighted by Gasteiger charge is 2.29. The molecule has 0 bridgehead atoms. The van der Waals surface area contributed by atoms with E-state index in [4.69, 9.17) is 4.74 Å². The van der Waals surface area contributed by atoms with Gasteiger partial charge in [-0.3, -0.25) is 9.69 Å². The second kappa shape index (κ2) is 10.8. The number of piperidine rings is 1. The quantitative estimate of drug-likeness (QED) is 0.740. The molecule has 3 rings (SSSR count). The number of ether oxygens (including phenoxy) is 1. The van der Waals surface area contributed by atoms with Crippen LogP contribution in [0.2, 0.25) is 0 Å². The van der Waals surface area contributed by atoms with Crippen molar-refractivity contribution in [2.45, 2.75) is 25.4 Å². The fraction of sp³-hybridized carbons (Fsp3) is 0.684. The van der Waals surface area contributed by atoms with Gasteiger partial charge >= 0.3 is 0 Å². The zero-order valence-corrected chi connectivity index (χ0v) is 17.2. The number of pyridine rings is 1. The number of halogens is 1. The molecule has 7 nitrogen and oxygen atoms in total. The number of aromatic nitrogens is 1. The molecular formula is C19H32ClN5O2. The van der Waals surface area contributed by atoms with Gasteiger partial charge in [0.1, 0.15) is 5.82 Å². The molecule has 1 atom stereocenters. The Morgan fingerprint density at radius 1 is 1.37 bits per heavy atom. The molecule has 27 heavy (non-hydrogen) atoms. The first-order chi connectivity index (χ1) is 12.7. The summed E-state index contributed by atoms with van der Waals surface area (Å²) in [4.78, 5) is 23.4. The predicted octanol–water partition coefficient (Wildman–Crippen LogP) is 0.982. The minimum atomic E-state index is 0. The number of rotatable bonds is 7. The fourth-order valence-corrected chi connectivity index (χ4v) is 3.77. The van der Waals surface area contributed by atoms with E-state index >= 15 is 0 Å². The number of likely N-dealkylation sites (N-methyl/N-ethyl adjacent to an activating group) is 1. The van der Waals surface area contributed by atoms with Crippen LogP contribution in [0.1, 0.15) is 18.4 Å². The molecule has 1 amide bonds. The molecule has 0 aromatic carbocycles. The molecule has 0 aliphatic carbocycles. The second-order valence-corrected chi connectivity index (χ2v) is 7.23. The van der Waals surface area contributed by atoms with E-state index in [2.05, 4.69) is 37.1 Å². The van der Waals surface area contributed by atoms with Gasteiger partial charge in [0.05, 0.1) is 13.2 Å². The summed E-state index contributed by atoms with van der Waals surface area (Å²) >= 11 is 0. The van der Waals surface area contributed by atoms with Gasteiger partial charge in [-0.1, -0.05) is 6.07 Å². The summed E-state index contributed by atoms with van der Waals surface area (Å²) in [5.74, 6) is 1.21. The number of amides is 1. The van der Waals surface area contributed by atoms with Crippen molar-refractivity contribution < 1.29 is 9.53 Å². The predicted molar refractivity (Wildman–Crippen MR) is 110 cm³/mol. The Morgan fingerprint density at radius 3 is 2.93 bits per heavy atom. The Hall–Kier alpha value is -1.41. The summed E-state index contributed by atoms with van der Waals surface area (Å²) in [6.45, 7) is 6.69. The van der Waals surface area contributed by atoms with E-state index < -0.39 is 0 Å². The molecular weight excluding hydrogens is 366 g/mol. The van der Waals surface area contributed by atoms with Crippen molar-refractivity contribution in [2.24, 2.45) is 0 Å². The minimum absolute atomic E-state index is 0. The van der Waals surface area contributed by atoms with Gasteiger partial charge in [0.2, 0.25) is 5.91 Å². The fourth-order valence-electron chi connectivity index (χ4n) is 3.77. The number of piperazine rings is 1. The van der Waals surface area contributed by atoms with Gasteiger partial charge in [0.15, 0.2) is 0 Å². The van der Waals surface area contributed by atoms with E-state index in [1.165, 1.54) is 5.56 Å². The zero-order chi connectivity index (χ0) is 18.4. The summed E-state index contributed by atoms with van der Waals surface area (Å²) in [6, 6.07) is 4.59. The number of nitrogens with one attached hydrogen (secondary N) is 1. The van der Waals surface area contributed by atoms with Gasteiger partial charge in [-0.05, 0) is 31.0 Å². The topological polar surface area (TPSA) is 60.9 Å². The van der Waals surface area contributed by atoms with Gasteiger partial charge in [-0.15, -0.1) is 12.4 Å². The standard InChI is InChI=1S/C19H31N5O2.ClH/c1-22(10-11-26-2)18-6-5-16(12-21-18)14-23-8-3-4-17(15-23)24-9-7-20-13-19(24)25;/h5-6,12,17,20H,3-4,7-11,13-15H2,1-2H3;1H. The lowest BCUT2D eigenvalue weighted by atomic mass is 10.0. The summed E-state index contributed by atoms with van der Waals surface area (Å²) < 4.78 is 5.12. The monoisotopic (exact) mass is 397 g/mol. The van der Waals surface area contributed by atoms with Crippen molar-refractivity contribution in [3.05, 3.63) is 23.9 Å². The Bertz CT molecular complexity index is 586. The first-order valence-electron chi connectivity index (χ1n) is 9.55. The molecule has 1 N–H and O–H groups in total. The summed E-state index contributed by atoms with van der Waals surface area (Å²) in [6.07, 6.45) is 4.23. The Balaban J connectivity index is 0.00000261. The highest BCUT2D eigenvalue weighted by molar-refractivity contribution is 5.85. The van der Waals surface area contributed by atoms with E-state index in [1.54, 1.807) is 7.11 Å². The smallest absolute Gasteiger partial charge is 0.236 e. The highest BCUT2D eigenvalue weighted by atomic mass is 35.5. The molecule has 0 saturated carbocycles. The molecule has 2 saturated heterocycles. The van der Waals surface area contributed by atoms with Crippen molar-refractivity contribution >= 4 is 24.1 Å². The molecule has 1 aromatic rings. The van der Waals surface area contributed by atoms with Gasteiger partial charge in [-0.25, -0.2) is 4.98 Å². The van der Waals surface area contributed by atoms with Crippen molar-refractivity contribution in [1.29, 1.82) is 0 Å². The van der Waals surface area contributed by atoms with E-state index in [0.29, 0.717) is 19.2 Å². The van der Waals surface area contributed by atoms with Crippen LogP contribution in [0, 0.1) is 0 Å². The van der Waals surface area contributed by atoms with Crippen molar-refractivity contribution in [2.75, 3.05) is 64.9 Å². The minimum Gasteiger partial charge on any atom is -0.383 e. The van der Waals surface area contributed by atoms with Gasteiger partial charge < -0.3 is 19.9 Å². The number of carbonyl (C=O) groups excluding carboxylic acids is 1. The third kappa shape index (κ3) is 6.04. The Labute approximate surface area is 168 Å². The van der Waals surface area contributed by atoms with Crippen LogP contribution in [0.25, 0.3) is 0 Å². The molecule has 1 unspecified atom stereocenters. The maximum atomic E-state index is 12.2. The summed E-state index contributed by atoms with van der Waals surface area (Å²) in [5, 5.41) is 3.16. The number of nitrogens with zero attached hydrogens (tertiary/aromatic N) is 4. The Morgan fingerprint density at radius 2 is 2.22 bits per heavy atom. The van der Waals surface area contributed by atoms with Crippen molar-refractivity contribution in [3.8, 4) is 0 Å². The van der Waals surface area contributed by atoms with Crippen molar-refractivity contribution in [3.63, 3.8) is 0 Å². The molecule has 2 aliphatic rings. The van der Waals surface area contributed by atoms with Crippen LogP contribution in [0.5, 0.6) is 0 Å². The molecule has 1 aromatic heterocycles. The lowest BCUT2D eigenvalue weighted by Crippen LogP contribution is -2.56. The zero-order valence-electron chi connectivity index (χ0n) is 16.4. The van der Waals surface area contributed by atoms with Crippen LogP contribution in [-0.4, -0.2) is 86.8 Å². The van der Waals surface area contributed by atoms with Crippen LogP contribution in [0.15, 0.2) is 18.3 Å². The van der Waals surface area contributed by atoms with Crippen LogP contribution in [0.3, 0.4) is 0 Å². The van der Waals surface area contributed by atoms with Crippen LogP contribution in [0.4, 0.5) is 5.82 Å². The lowest BCUT2D eigenvalue weighted by molar-refractivity contribution is -0.135. The highest BCUT2D eigenvalue weighted by Crippen LogP contribution is 2.19. The third-order valence-electron chi connectivity index (χ3n) is 5.28. The molecule has 152 valence electrons. The van der Waals surface area contributed by atoms with Crippen molar-refractivity contribution in [1.82, 2.24) is 20.1 Å². The molecule has 0 spiro atoms. The van der Waals surface area contributed by atoms with E-state index in [0.717, 1.165) is 57.9 Å². The number of anilines is 1. The largest absolute Gasteiger partial charge is 0.383 e. The Kier molecular flexibility index (Phi) is 8.76. The number of hydrogen-bond acceptors (Lipinski definition) is 6. The van der Waals surface area contributed by atoms with Crippen LogP contribution >= 0.6 is 12.4 Å². The van der Waals surface area contributed by atoms with Gasteiger partial charge in [0, 0.05) is 59.1 Å². The van der Waals surface area contributed by atoms with Gasteiger partial charge in [-0.2, -0.15) is 0 Å². The van der Waals surface area contributed by atoms with E-state index in [9.17, 15) is 4.79 Å². The normalized spacial score (nSPS) is 21.0. The molecule has 3 heterocycles. The SMILES string of the molecule is COCCN(C)c1ccc(CN2CCCC(N3CCNCC3=O)C2)cn1.Cl. The number of methoxy groups -OCH3 is 1. The van der Waals surface area contributed by atoms with Gasteiger partial charge in [0.25, 0.3) is 0 Å². The third-order valence-corrected chi connectivity index (χ3v) is 5.28. The first kappa shape index (κ1) is 21.9. The maximum Gasteiger partial charge on any atom is 0.236 e. The van der Waals surface area contributed by atoms with Crippen LogP contribution < -0.4 is 10.2 Å². The first-order valence-corrected chi connectivity index (χ1v) is 9.55. The molecule has 2 fully saturated rings. The summed E-state index contributed by atoms with van der Waals surface area (Å²) in [7, 11) is 3.74. The molecule has 2 aliphatic heterocycles. The maximum absolute atomic E-state index is 12.2. The average molecular weight is 398 g/mol. The van der Waals surface area contributed by atoms with E-state index in [1.807, 2.05) is 13.2 Å². The number of hydrogen-bond donors (Lipinski definition) is 1. The second-order valence-electron chi connectivity index (χ2n) is 7.23.